The molecule has 136 valence electrons. The lowest BCUT2D eigenvalue weighted by atomic mass is 9.88. The van der Waals surface area contributed by atoms with Gasteiger partial charge in [-0.25, -0.2) is 0 Å². The largest absolute Gasteiger partial charge is 0.300 e. The van der Waals surface area contributed by atoms with Crippen LogP contribution in [0.5, 0.6) is 0 Å². The molecule has 0 aliphatic carbocycles. The molecule has 1 aromatic rings. The van der Waals surface area contributed by atoms with Gasteiger partial charge in [-0.2, -0.15) is 11.8 Å². The van der Waals surface area contributed by atoms with Crippen molar-refractivity contribution in [1.29, 1.82) is 0 Å². The Morgan fingerprint density at radius 2 is 1.71 bits per heavy atom. The Morgan fingerprint density at radius 1 is 1.00 bits per heavy atom. The molecule has 5 heteroatoms. The number of halogens is 2. The Morgan fingerprint density at radius 3 is 2.42 bits per heavy atom. The second kappa shape index (κ2) is 8.64. The van der Waals surface area contributed by atoms with E-state index in [2.05, 4.69) is 59.8 Å². The van der Waals surface area contributed by atoms with Crippen LogP contribution in [0, 0.1) is 18.8 Å². The molecule has 24 heavy (non-hydrogen) atoms. The first-order valence-electron chi connectivity index (χ1n) is 8.81. The minimum absolute atomic E-state index is 0. The fraction of sp³-hybridized carbons (Fsp3) is 0.684. The quantitative estimate of drug-likeness (QED) is 0.746. The van der Waals surface area contributed by atoms with E-state index in [-0.39, 0.29) is 24.8 Å². The molecule has 3 saturated heterocycles. The molecule has 0 bridgehead atoms. The van der Waals surface area contributed by atoms with Crippen molar-refractivity contribution in [3.63, 3.8) is 0 Å². The van der Waals surface area contributed by atoms with E-state index in [1.165, 1.54) is 49.5 Å². The highest BCUT2D eigenvalue weighted by molar-refractivity contribution is 7.99. The highest BCUT2D eigenvalue weighted by Crippen LogP contribution is 2.45. The van der Waals surface area contributed by atoms with Crippen molar-refractivity contribution in [2.24, 2.45) is 11.8 Å². The maximum atomic E-state index is 2.84. The van der Waals surface area contributed by atoms with Crippen molar-refractivity contribution in [3.05, 3.63) is 35.4 Å². The van der Waals surface area contributed by atoms with Gasteiger partial charge >= 0.3 is 0 Å². The molecule has 0 radical (unpaired) electrons. The average molecular weight is 389 g/mol. The second-order valence-corrected chi connectivity index (χ2v) is 8.69. The fourth-order valence-electron chi connectivity index (χ4n) is 5.03. The van der Waals surface area contributed by atoms with E-state index >= 15 is 0 Å². The molecule has 0 N–H and O–H groups in total. The molecule has 2 nitrogen and oxygen atoms in total. The number of hydrogen-bond acceptors (Lipinski definition) is 3. The maximum absolute atomic E-state index is 2.84. The van der Waals surface area contributed by atoms with Gasteiger partial charge < -0.3 is 0 Å². The molecule has 3 fully saturated rings. The van der Waals surface area contributed by atoms with Crippen molar-refractivity contribution in [3.8, 4) is 0 Å². The van der Waals surface area contributed by atoms with Crippen LogP contribution in [0.4, 0.5) is 0 Å². The van der Waals surface area contributed by atoms with Crippen LogP contribution in [0.15, 0.2) is 24.3 Å². The van der Waals surface area contributed by atoms with E-state index in [0.29, 0.717) is 6.04 Å². The van der Waals surface area contributed by atoms with Crippen molar-refractivity contribution >= 4 is 36.6 Å². The van der Waals surface area contributed by atoms with Crippen LogP contribution in [0.3, 0.4) is 0 Å². The first-order chi connectivity index (χ1) is 10.7. The number of thioether (sulfide) groups is 1. The van der Waals surface area contributed by atoms with Crippen LogP contribution in [0.1, 0.15) is 30.0 Å². The summed E-state index contributed by atoms with van der Waals surface area (Å²) < 4.78 is 0. The summed E-state index contributed by atoms with van der Waals surface area (Å²) in [5.41, 5.74) is 3.03. The molecule has 3 atom stereocenters. The van der Waals surface area contributed by atoms with Crippen LogP contribution >= 0.6 is 36.6 Å². The molecule has 0 spiro atoms. The summed E-state index contributed by atoms with van der Waals surface area (Å²) in [6.07, 6.45) is 2.82. The summed E-state index contributed by atoms with van der Waals surface area (Å²) in [6, 6.07) is 10.5. The van der Waals surface area contributed by atoms with Gasteiger partial charge in [-0.1, -0.05) is 24.3 Å². The predicted octanol–water partition coefficient (Wildman–Crippen LogP) is 4.27. The monoisotopic (exact) mass is 388 g/mol. The number of nitrogens with zero attached hydrogens (tertiary/aromatic N) is 2. The number of hydrogen-bond donors (Lipinski definition) is 0. The van der Waals surface area contributed by atoms with E-state index in [0.717, 1.165) is 17.9 Å². The predicted molar refractivity (Wildman–Crippen MR) is 110 cm³/mol. The standard InChI is InChI=1S/C19H28N2S.2ClH/c1-14-5-3-4-6-17(14)19-18-13-21(12-15(18)11-20(19)2)16-7-9-22-10-8-16;;/h3-6,15-16,18-19H,7-13H2,1-2H3;2*1H/t15-,18+,19-;;/m0../s1. The molecule has 0 aromatic heterocycles. The summed E-state index contributed by atoms with van der Waals surface area (Å²) in [4.78, 5) is 5.46. The van der Waals surface area contributed by atoms with Gasteiger partial charge in [0, 0.05) is 31.7 Å². The van der Waals surface area contributed by atoms with Gasteiger partial charge in [-0.3, -0.25) is 9.80 Å². The summed E-state index contributed by atoms with van der Waals surface area (Å²) in [5, 5.41) is 0. The van der Waals surface area contributed by atoms with E-state index in [4.69, 9.17) is 0 Å². The Balaban J connectivity index is 0.00000104. The Hall–Kier alpha value is 0.0700. The van der Waals surface area contributed by atoms with E-state index in [9.17, 15) is 0 Å². The second-order valence-electron chi connectivity index (χ2n) is 7.46. The summed E-state index contributed by atoms with van der Waals surface area (Å²) >= 11 is 2.14. The van der Waals surface area contributed by atoms with Crippen molar-refractivity contribution in [2.45, 2.75) is 31.8 Å². The van der Waals surface area contributed by atoms with E-state index in [1.807, 2.05) is 0 Å². The molecule has 3 heterocycles. The van der Waals surface area contributed by atoms with Crippen LogP contribution in [0.2, 0.25) is 0 Å². The Labute approximate surface area is 163 Å². The summed E-state index contributed by atoms with van der Waals surface area (Å²) in [5.74, 6) is 4.46. The molecule has 1 aromatic carbocycles. The topological polar surface area (TPSA) is 6.48 Å². The lowest BCUT2D eigenvalue weighted by Gasteiger charge is -2.33. The number of rotatable bonds is 2. The fourth-order valence-corrected chi connectivity index (χ4v) is 6.11. The number of aryl methyl sites for hydroxylation is 1. The highest BCUT2D eigenvalue weighted by Gasteiger charge is 2.47. The van der Waals surface area contributed by atoms with Gasteiger partial charge in [0.25, 0.3) is 0 Å². The van der Waals surface area contributed by atoms with Crippen molar-refractivity contribution in [2.75, 3.05) is 38.2 Å². The zero-order valence-corrected chi connectivity index (χ0v) is 17.1. The number of benzene rings is 1. The molecular weight excluding hydrogens is 359 g/mol. The van der Waals surface area contributed by atoms with Crippen molar-refractivity contribution in [1.82, 2.24) is 9.80 Å². The molecular formula is C19H30Cl2N2S. The first-order valence-corrected chi connectivity index (χ1v) is 9.97. The van der Waals surface area contributed by atoms with Crippen LogP contribution < -0.4 is 0 Å². The molecule has 3 aliphatic heterocycles. The van der Waals surface area contributed by atoms with Gasteiger partial charge in [-0.15, -0.1) is 24.8 Å². The third-order valence-electron chi connectivity index (χ3n) is 6.14. The normalized spacial score (nSPS) is 31.3. The summed E-state index contributed by atoms with van der Waals surface area (Å²) in [6.45, 7) is 6.22. The van der Waals surface area contributed by atoms with E-state index < -0.39 is 0 Å². The Bertz CT molecular complexity index is 536. The van der Waals surface area contributed by atoms with Gasteiger partial charge in [0.05, 0.1) is 0 Å². The lowest BCUT2D eigenvalue weighted by Crippen LogP contribution is -2.38. The maximum Gasteiger partial charge on any atom is 0.0391 e. The number of fused-ring (bicyclic) bond motifs is 1. The van der Waals surface area contributed by atoms with Gasteiger partial charge in [0.15, 0.2) is 0 Å². The third-order valence-corrected chi connectivity index (χ3v) is 7.19. The minimum atomic E-state index is 0. The van der Waals surface area contributed by atoms with E-state index in [1.54, 1.807) is 5.56 Å². The molecule has 0 amide bonds. The first kappa shape index (κ1) is 20.4. The third kappa shape index (κ3) is 3.76. The molecule has 3 aliphatic rings. The molecule has 0 saturated carbocycles. The lowest BCUT2D eigenvalue weighted by molar-refractivity contribution is 0.179. The van der Waals surface area contributed by atoms with Crippen LogP contribution in [-0.2, 0) is 0 Å². The SMILES string of the molecule is Cc1ccccc1[C@H]1[C@@H]2CN(C3CCSCC3)C[C@@H]2CN1C.Cl.Cl. The molecule has 0 unspecified atom stereocenters. The zero-order chi connectivity index (χ0) is 15.1. The smallest absolute Gasteiger partial charge is 0.0391 e. The minimum Gasteiger partial charge on any atom is -0.300 e. The number of likely N-dealkylation sites (tertiary alicyclic amines) is 2. The van der Waals surface area contributed by atoms with Crippen LogP contribution in [-0.4, -0.2) is 54.0 Å². The summed E-state index contributed by atoms with van der Waals surface area (Å²) in [7, 11) is 2.33. The average Bonchev–Trinajstić information content (AvgIpc) is 3.06. The zero-order valence-electron chi connectivity index (χ0n) is 14.7. The Kier molecular flexibility index (Phi) is 7.34. The van der Waals surface area contributed by atoms with Gasteiger partial charge in [0.2, 0.25) is 0 Å². The van der Waals surface area contributed by atoms with Gasteiger partial charge in [0.1, 0.15) is 0 Å². The molecule has 4 rings (SSSR count). The highest BCUT2D eigenvalue weighted by atomic mass is 35.5. The van der Waals surface area contributed by atoms with Gasteiger partial charge in [-0.05, 0) is 61.3 Å². The van der Waals surface area contributed by atoms with Crippen molar-refractivity contribution < 1.29 is 0 Å². The van der Waals surface area contributed by atoms with Crippen LogP contribution in [0.25, 0.3) is 0 Å².